The smallest absolute Gasteiger partial charge is 0.264 e. The zero-order valence-electron chi connectivity index (χ0n) is 13.0. The van der Waals surface area contributed by atoms with E-state index in [0.29, 0.717) is 12.2 Å². The fourth-order valence-corrected chi connectivity index (χ4v) is 2.22. The quantitative estimate of drug-likeness (QED) is 0.502. The van der Waals surface area contributed by atoms with Crippen molar-refractivity contribution in [2.45, 2.75) is 6.54 Å². The molecule has 0 aliphatic carbocycles. The van der Waals surface area contributed by atoms with Crippen LogP contribution in [0, 0.1) is 4.77 Å². The number of aromatic nitrogens is 2. The molecule has 0 aliphatic rings. The number of H-pyrrole nitrogens is 1. The molecule has 0 unspecified atom stereocenters. The maximum atomic E-state index is 12.0. The van der Waals surface area contributed by atoms with Gasteiger partial charge in [-0.25, -0.2) is 0 Å². The highest BCUT2D eigenvalue weighted by molar-refractivity contribution is 7.71. The number of aromatic amines is 1. The maximum Gasteiger partial charge on any atom is 0.264 e. The number of nitrogens with one attached hydrogen (secondary N) is 1. The molecule has 6 nitrogen and oxygen atoms in total. The Balaban J connectivity index is 2.39. The number of hydrogen-bond donors (Lipinski definition) is 2. The Morgan fingerprint density at radius 3 is 2.61 bits per heavy atom. The minimum Gasteiger partial charge on any atom is -0.494 e. The van der Waals surface area contributed by atoms with Crippen molar-refractivity contribution in [3.63, 3.8) is 0 Å². The molecule has 2 N–H and O–H groups in total. The van der Waals surface area contributed by atoms with Crippen LogP contribution in [0.4, 0.5) is 11.4 Å². The summed E-state index contributed by atoms with van der Waals surface area (Å²) < 4.78 is 1.51. The first-order valence-electron chi connectivity index (χ1n) is 6.92. The normalized spacial score (nSPS) is 10.9. The third kappa shape index (κ3) is 3.75. The van der Waals surface area contributed by atoms with Gasteiger partial charge in [-0.15, -0.1) is 6.58 Å². The molecule has 0 saturated heterocycles. The summed E-state index contributed by atoms with van der Waals surface area (Å²) in [6.45, 7) is 3.89. The van der Waals surface area contributed by atoms with Crippen LogP contribution >= 0.6 is 12.2 Å². The van der Waals surface area contributed by atoms with Crippen LogP contribution in [-0.4, -0.2) is 35.0 Å². The van der Waals surface area contributed by atoms with Crippen LogP contribution in [0.2, 0.25) is 0 Å². The average molecular weight is 330 g/mol. The molecule has 1 aromatic carbocycles. The van der Waals surface area contributed by atoms with Crippen molar-refractivity contribution in [2.24, 2.45) is 4.99 Å². The van der Waals surface area contributed by atoms with Crippen molar-refractivity contribution >= 4 is 29.8 Å². The molecular weight excluding hydrogens is 312 g/mol. The van der Waals surface area contributed by atoms with Crippen molar-refractivity contribution in [1.29, 1.82) is 0 Å². The van der Waals surface area contributed by atoms with Crippen molar-refractivity contribution in [3.05, 3.63) is 57.6 Å². The molecule has 0 radical (unpaired) electrons. The molecule has 2 aromatic rings. The summed E-state index contributed by atoms with van der Waals surface area (Å²) in [4.78, 5) is 20.7. The van der Waals surface area contributed by atoms with E-state index in [-0.39, 0.29) is 16.2 Å². The Morgan fingerprint density at radius 2 is 2.04 bits per heavy atom. The van der Waals surface area contributed by atoms with E-state index >= 15 is 0 Å². The second kappa shape index (κ2) is 7.06. The number of nitrogens with zero attached hydrogens (tertiary/aromatic N) is 3. The van der Waals surface area contributed by atoms with Gasteiger partial charge in [0.05, 0.1) is 5.69 Å². The van der Waals surface area contributed by atoms with Crippen LogP contribution in [-0.2, 0) is 6.54 Å². The molecule has 0 fully saturated rings. The van der Waals surface area contributed by atoms with Crippen molar-refractivity contribution in [1.82, 2.24) is 9.55 Å². The lowest BCUT2D eigenvalue weighted by molar-refractivity contribution is 0.413. The molecule has 2 rings (SSSR count). The van der Waals surface area contributed by atoms with Gasteiger partial charge in [0.2, 0.25) is 5.88 Å². The minimum absolute atomic E-state index is 0.0529. The lowest BCUT2D eigenvalue weighted by Crippen LogP contribution is -2.18. The zero-order chi connectivity index (χ0) is 17.0. The summed E-state index contributed by atoms with van der Waals surface area (Å²) in [6.07, 6.45) is 2.90. The summed E-state index contributed by atoms with van der Waals surface area (Å²) in [7, 11) is 3.90. The molecule has 1 aromatic heterocycles. The van der Waals surface area contributed by atoms with E-state index in [1.807, 2.05) is 43.3 Å². The number of aliphatic imine (C=N–C) groups is 1. The number of anilines is 1. The molecule has 0 aliphatic heterocycles. The summed E-state index contributed by atoms with van der Waals surface area (Å²) >= 11 is 5.02. The van der Waals surface area contributed by atoms with Gasteiger partial charge in [-0.1, -0.05) is 6.08 Å². The highest BCUT2D eigenvalue weighted by Gasteiger charge is 2.09. The molecule has 1 heterocycles. The molecular formula is C16H18N4O2S. The second-order valence-electron chi connectivity index (χ2n) is 5.06. The number of benzene rings is 1. The topological polar surface area (TPSA) is 73.6 Å². The summed E-state index contributed by atoms with van der Waals surface area (Å²) in [5.74, 6) is -0.229. The average Bonchev–Trinajstić information content (AvgIpc) is 2.51. The Bertz CT molecular complexity index is 848. The summed E-state index contributed by atoms with van der Waals surface area (Å²) in [6, 6.07) is 7.49. The van der Waals surface area contributed by atoms with E-state index in [1.165, 1.54) is 10.8 Å². The molecule has 0 spiro atoms. The molecule has 0 amide bonds. The van der Waals surface area contributed by atoms with E-state index in [4.69, 9.17) is 12.2 Å². The SMILES string of the molecule is C=CCn1c(O)c(C=Nc2ccc(N(C)C)cc2)c(=O)[nH]c1=S. The minimum atomic E-state index is -0.485. The lowest BCUT2D eigenvalue weighted by Gasteiger charge is -2.11. The summed E-state index contributed by atoms with van der Waals surface area (Å²) in [5, 5.41) is 10.2. The van der Waals surface area contributed by atoms with Gasteiger partial charge in [-0.3, -0.25) is 19.3 Å². The van der Waals surface area contributed by atoms with Gasteiger partial charge in [-0.2, -0.15) is 0 Å². The maximum absolute atomic E-state index is 12.0. The summed E-state index contributed by atoms with van der Waals surface area (Å²) in [5.41, 5.74) is 1.29. The molecule has 23 heavy (non-hydrogen) atoms. The van der Waals surface area contributed by atoms with Gasteiger partial charge in [0, 0.05) is 32.5 Å². The fourth-order valence-electron chi connectivity index (χ4n) is 1.97. The number of aromatic hydroxyl groups is 1. The molecule has 120 valence electrons. The van der Waals surface area contributed by atoms with Gasteiger partial charge < -0.3 is 10.0 Å². The van der Waals surface area contributed by atoms with E-state index in [9.17, 15) is 9.90 Å². The molecule has 7 heteroatoms. The van der Waals surface area contributed by atoms with E-state index < -0.39 is 5.56 Å². The fraction of sp³-hybridized carbons (Fsp3) is 0.188. The molecule has 0 atom stereocenters. The van der Waals surface area contributed by atoms with Crippen molar-refractivity contribution in [2.75, 3.05) is 19.0 Å². The Kier molecular flexibility index (Phi) is 5.13. The number of rotatable bonds is 5. The van der Waals surface area contributed by atoms with Gasteiger partial charge in [0.25, 0.3) is 5.56 Å². The lowest BCUT2D eigenvalue weighted by atomic mass is 10.2. The van der Waals surface area contributed by atoms with E-state index in [1.54, 1.807) is 6.08 Å². The van der Waals surface area contributed by atoms with E-state index in [0.717, 1.165) is 5.69 Å². The Morgan fingerprint density at radius 1 is 1.39 bits per heavy atom. The predicted molar refractivity (Wildman–Crippen MR) is 95.8 cm³/mol. The highest BCUT2D eigenvalue weighted by Crippen LogP contribution is 2.19. The van der Waals surface area contributed by atoms with Crippen molar-refractivity contribution in [3.8, 4) is 5.88 Å². The van der Waals surface area contributed by atoms with Gasteiger partial charge in [0.15, 0.2) is 4.77 Å². The molecule has 0 saturated carbocycles. The van der Waals surface area contributed by atoms with Crippen molar-refractivity contribution < 1.29 is 5.11 Å². The standard InChI is InChI=1S/C16H18N4O2S/c1-4-9-20-15(22)13(14(21)18-16(20)23)10-17-11-5-7-12(8-6-11)19(2)3/h4-8,10,22H,1,9H2,2-3H3,(H,18,21,23). The van der Waals surface area contributed by atoms with Crippen LogP contribution < -0.4 is 10.5 Å². The van der Waals surface area contributed by atoms with Crippen LogP contribution in [0.15, 0.2) is 46.7 Å². The van der Waals surface area contributed by atoms with Crippen LogP contribution in [0.3, 0.4) is 0 Å². The molecule has 0 bridgehead atoms. The monoisotopic (exact) mass is 330 g/mol. The van der Waals surface area contributed by atoms with Gasteiger partial charge in [0.1, 0.15) is 5.56 Å². The first kappa shape index (κ1) is 16.7. The highest BCUT2D eigenvalue weighted by atomic mass is 32.1. The van der Waals surface area contributed by atoms with Crippen LogP contribution in [0.25, 0.3) is 0 Å². The number of allylic oxidation sites excluding steroid dienone is 1. The third-order valence-corrected chi connectivity index (χ3v) is 3.55. The van der Waals surface area contributed by atoms with Crippen LogP contribution in [0.1, 0.15) is 5.56 Å². The van der Waals surface area contributed by atoms with Gasteiger partial charge in [-0.05, 0) is 36.5 Å². The largest absolute Gasteiger partial charge is 0.494 e. The third-order valence-electron chi connectivity index (χ3n) is 3.23. The van der Waals surface area contributed by atoms with E-state index in [2.05, 4.69) is 16.6 Å². The predicted octanol–water partition coefficient (Wildman–Crippen LogP) is 2.61. The number of hydrogen-bond acceptors (Lipinski definition) is 5. The van der Waals surface area contributed by atoms with Gasteiger partial charge >= 0.3 is 0 Å². The Labute approximate surface area is 139 Å². The second-order valence-corrected chi connectivity index (χ2v) is 5.45. The zero-order valence-corrected chi connectivity index (χ0v) is 13.8. The first-order valence-corrected chi connectivity index (χ1v) is 7.33. The van der Waals surface area contributed by atoms with Crippen LogP contribution in [0.5, 0.6) is 5.88 Å². The Hall–Kier alpha value is -2.67. The first-order chi connectivity index (χ1) is 10.9.